The summed E-state index contributed by atoms with van der Waals surface area (Å²) in [6.45, 7) is 7.74. The van der Waals surface area contributed by atoms with E-state index in [-0.39, 0.29) is 0 Å². The first-order chi connectivity index (χ1) is 8.16. The summed E-state index contributed by atoms with van der Waals surface area (Å²) in [7, 11) is 0. The van der Waals surface area contributed by atoms with E-state index in [4.69, 9.17) is 0 Å². The number of para-hydroxylation sites is 1. The third-order valence-corrected chi connectivity index (χ3v) is 4.24. The number of aromatic nitrogens is 1. The van der Waals surface area contributed by atoms with Crippen LogP contribution in [0, 0.1) is 5.92 Å². The van der Waals surface area contributed by atoms with Crippen molar-refractivity contribution in [2.45, 2.75) is 33.2 Å². The number of fused-ring (bicyclic) bond motifs is 1. The van der Waals surface area contributed by atoms with Crippen LogP contribution in [-0.4, -0.2) is 17.6 Å². The Morgan fingerprint density at radius 2 is 2.00 bits per heavy atom. The van der Waals surface area contributed by atoms with Crippen molar-refractivity contribution in [2.24, 2.45) is 5.92 Å². The Morgan fingerprint density at radius 3 is 2.71 bits per heavy atom. The zero-order chi connectivity index (χ0) is 12.3. The van der Waals surface area contributed by atoms with Crippen molar-refractivity contribution in [3.63, 3.8) is 0 Å². The first-order valence-corrected chi connectivity index (χ1v) is 7.06. The van der Waals surface area contributed by atoms with E-state index in [0.29, 0.717) is 12.0 Å². The van der Waals surface area contributed by atoms with E-state index in [1.807, 2.05) is 6.07 Å². The molecular weight excluding hydrogens is 228 g/mol. The Morgan fingerprint density at radius 1 is 1.24 bits per heavy atom. The Labute approximate surface area is 107 Å². The molecule has 1 atom stereocenters. The number of hydrogen-bond acceptors (Lipinski definition) is 3. The number of thiazole rings is 1. The van der Waals surface area contributed by atoms with Crippen molar-refractivity contribution in [1.29, 1.82) is 0 Å². The Kier molecular flexibility index (Phi) is 4.13. The zero-order valence-electron chi connectivity index (χ0n) is 10.7. The van der Waals surface area contributed by atoms with E-state index in [1.54, 1.807) is 11.3 Å². The summed E-state index contributed by atoms with van der Waals surface area (Å²) in [4.78, 5) is 4.63. The van der Waals surface area contributed by atoms with Gasteiger partial charge in [-0.15, -0.1) is 11.3 Å². The second-order valence-electron chi connectivity index (χ2n) is 4.81. The number of rotatable bonds is 5. The van der Waals surface area contributed by atoms with Gasteiger partial charge in [-0.05, 0) is 25.0 Å². The summed E-state index contributed by atoms with van der Waals surface area (Å²) in [5.74, 6) is 0.686. The highest BCUT2D eigenvalue weighted by atomic mass is 32.1. The van der Waals surface area contributed by atoms with Crippen LogP contribution in [0.3, 0.4) is 0 Å². The lowest BCUT2D eigenvalue weighted by Crippen LogP contribution is -2.32. The number of benzene rings is 1. The average Bonchev–Trinajstić information content (AvgIpc) is 2.71. The maximum atomic E-state index is 4.63. The predicted octanol–water partition coefficient (Wildman–Crippen LogP) is 3.47. The van der Waals surface area contributed by atoms with Crippen LogP contribution in [0.25, 0.3) is 10.2 Å². The minimum Gasteiger partial charge on any atom is -0.314 e. The summed E-state index contributed by atoms with van der Waals surface area (Å²) in [6.07, 6.45) is 1.02. The van der Waals surface area contributed by atoms with Crippen LogP contribution in [-0.2, 0) is 6.42 Å². The molecule has 0 spiro atoms. The average molecular weight is 248 g/mol. The van der Waals surface area contributed by atoms with Gasteiger partial charge in [0.25, 0.3) is 0 Å². The molecule has 1 unspecified atom stereocenters. The fraction of sp³-hybridized carbons (Fsp3) is 0.500. The highest BCUT2D eigenvalue weighted by molar-refractivity contribution is 7.18. The molecule has 0 saturated carbocycles. The van der Waals surface area contributed by atoms with Crippen LogP contribution in [0.1, 0.15) is 25.8 Å². The molecule has 0 radical (unpaired) electrons. The van der Waals surface area contributed by atoms with Crippen molar-refractivity contribution in [3.8, 4) is 0 Å². The first-order valence-electron chi connectivity index (χ1n) is 6.24. The van der Waals surface area contributed by atoms with Crippen LogP contribution < -0.4 is 5.32 Å². The largest absolute Gasteiger partial charge is 0.314 e. The smallest absolute Gasteiger partial charge is 0.0951 e. The molecule has 1 aromatic carbocycles. The fourth-order valence-electron chi connectivity index (χ4n) is 1.67. The lowest BCUT2D eigenvalue weighted by atomic mass is 10.1. The first kappa shape index (κ1) is 12.5. The Hall–Kier alpha value is -0.930. The molecule has 0 saturated heterocycles. The Balaban J connectivity index is 1.91. The van der Waals surface area contributed by atoms with Crippen molar-refractivity contribution < 1.29 is 0 Å². The third-order valence-electron chi connectivity index (χ3n) is 3.14. The third kappa shape index (κ3) is 3.27. The van der Waals surface area contributed by atoms with Gasteiger partial charge in [0.15, 0.2) is 0 Å². The van der Waals surface area contributed by atoms with Gasteiger partial charge in [-0.3, -0.25) is 0 Å². The van der Waals surface area contributed by atoms with Crippen LogP contribution in [0.15, 0.2) is 24.3 Å². The van der Waals surface area contributed by atoms with E-state index >= 15 is 0 Å². The van der Waals surface area contributed by atoms with Crippen molar-refractivity contribution in [3.05, 3.63) is 29.3 Å². The van der Waals surface area contributed by atoms with Crippen molar-refractivity contribution in [1.82, 2.24) is 10.3 Å². The maximum absolute atomic E-state index is 4.63. The minimum atomic E-state index is 0.573. The summed E-state index contributed by atoms with van der Waals surface area (Å²) >= 11 is 1.81. The standard InChI is InChI=1S/C14H20N2S/c1-10(2)11(3)15-9-8-14-16-12-6-4-5-7-13(12)17-14/h4-7,10-11,15H,8-9H2,1-3H3. The lowest BCUT2D eigenvalue weighted by molar-refractivity contribution is 0.430. The molecule has 17 heavy (non-hydrogen) atoms. The molecule has 0 aliphatic carbocycles. The van der Waals surface area contributed by atoms with E-state index < -0.39 is 0 Å². The van der Waals surface area contributed by atoms with Gasteiger partial charge in [-0.2, -0.15) is 0 Å². The molecule has 1 N–H and O–H groups in total. The summed E-state index contributed by atoms with van der Waals surface area (Å²) in [5.41, 5.74) is 1.13. The highest BCUT2D eigenvalue weighted by Gasteiger charge is 2.07. The number of nitrogens with one attached hydrogen (secondary N) is 1. The van der Waals surface area contributed by atoms with Gasteiger partial charge >= 0.3 is 0 Å². The topological polar surface area (TPSA) is 24.9 Å². The summed E-state index contributed by atoms with van der Waals surface area (Å²) in [5, 5.41) is 4.77. The molecule has 0 bridgehead atoms. The molecule has 2 aromatic rings. The quantitative estimate of drug-likeness (QED) is 0.876. The predicted molar refractivity (Wildman–Crippen MR) is 75.6 cm³/mol. The zero-order valence-corrected chi connectivity index (χ0v) is 11.6. The second kappa shape index (κ2) is 5.61. The van der Waals surface area contributed by atoms with Crippen LogP contribution in [0.4, 0.5) is 0 Å². The summed E-state index contributed by atoms with van der Waals surface area (Å²) in [6, 6.07) is 8.92. The van der Waals surface area contributed by atoms with E-state index in [1.165, 1.54) is 9.71 Å². The molecule has 2 rings (SSSR count). The second-order valence-corrected chi connectivity index (χ2v) is 5.93. The van der Waals surface area contributed by atoms with E-state index in [9.17, 15) is 0 Å². The molecule has 1 aromatic heterocycles. The van der Waals surface area contributed by atoms with Gasteiger partial charge in [-0.1, -0.05) is 26.0 Å². The van der Waals surface area contributed by atoms with Gasteiger partial charge in [0.2, 0.25) is 0 Å². The van der Waals surface area contributed by atoms with Crippen molar-refractivity contribution >= 4 is 21.6 Å². The number of nitrogens with zero attached hydrogens (tertiary/aromatic N) is 1. The molecule has 0 aliphatic heterocycles. The van der Waals surface area contributed by atoms with Crippen LogP contribution in [0.5, 0.6) is 0 Å². The summed E-state index contributed by atoms with van der Waals surface area (Å²) < 4.78 is 1.29. The molecule has 92 valence electrons. The van der Waals surface area contributed by atoms with Crippen LogP contribution >= 0.6 is 11.3 Å². The molecule has 0 amide bonds. The van der Waals surface area contributed by atoms with Gasteiger partial charge in [0.05, 0.1) is 15.2 Å². The van der Waals surface area contributed by atoms with Gasteiger partial charge in [0, 0.05) is 19.0 Å². The molecule has 0 aliphatic rings. The van der Waals surface area contributed by atoms with Gasteiger partial charge < -0.3 is 5.32 Å². The molecule has 0 fully saturated rings. The normalized spacial score (nSPS) is 13.4. The number of hydrogen-bond donors (Lipinski definition) is 1. The van der Waals surface area contributed by atoms with Crippen LogP contribution in [0.2, 0.25) is 0 Å². The van der Waals surface area contributed by atoms with E-state index in [0.717, 1.165) is 18.5 Å². The molecular formula is C14H20N2S. The van der Waals surface area contributed by atoms with Crippen molar-refractivity contribution in [2.75, 3.05) is 6.54 Å². The SMILES string of the molecule is CC(C)C(C)NCCc1nc2ccccc2s1. The fourth-order valence-corrected chi connectivity index (χ4v) is 2.64. The lowest BCUT2D eigenvalue weighted by Gasteiger charge is -2.16. The minimum absolute atomic E-state index is 0.573. The van der Waals surface area contributed by atoms with Gasteiger partial charge in [0.1, 0.15) is 0 Å². The van der Waals surface area contributed by atoms with E-state index in [2.05, 4.69) is 49.3 Å². The highest BCUT2D eigenvalue weighted by Crippen LogP contribution is 2.21. The Bertz CT molecular complexity index is 443. The monoisotopic (exact) mass is 248 g/mol. The molecule has 3 heteroatoms. The van der Waals surface area contributed by atoms with Gasteiger partial charge in [-0.25, -0.2) is 4.98 Å². The maximum Gasteiger partial charge on any atom is 0.0951 e. The molecule has 2 nitrogen and oxygen atoms in total. The molecule has 1 heterocycles.